The zero-order valence-corrected chi connectivity index (χ0v) is 14.7. The van der Waals surface area contributed by atoms with Crippen LogP contribution in [0, 0.1) is 6.92 Å². The standard InChI is InChI=1S/C20H23NO4/c1-4-13-24-20(23)15(3)25-18-11-7-16(8-12-18)19(22)21-17-9-5-14(2)6-10-17/h5-12,15H,4,13H2,1-3H3,(H,21,22)/t15-/m1/s1. The van der Waals surface area contributed by atoms with Crippen LogP contribution in [0.5, 0.6) is 5.75 Å². The number of nitrogens with one attached hydrogen (secondary N) is 1. The number of ether oxygens (including phenoxy) is 2. The van der Waals surface area contributed by atoms with Gasteiger partial charge in [0.25, 0.3) is 5.91 Å². The Morgan fingerprint density at radius 3 is 2.28 bits per heavy atom. The predicted molar refractivity (Wildman–Crippen MR) is 96.9 cm³/mol. The number of hydrogen-bond acceptors (Lipinski definition) is 4. The van der Waals surface area contributed by atoms with E-state index in [2.05, 4.69) is 5.32 Å². The van der Waals surface area contributed by atoms with Gasteiger partial charge in [-0.2, -0.15) is 0 Å². The highest BCUT2D eigenvalue weighted by Gasteiger charge is 2.16. The van der Waals surface area contributed by atoms with Gasteiger partial charge in [0.1, 0.15) is 5.75 Å². The SMILES string of the molecule is CCCOC(=O)[C@@H](C)Oc1ccc(C(=O)Nc2ccc(C)cc2)cc1. The average Bonchev–Trinajstić information content (AvgIpc) is 2.62. The Morgan fingerprint density at radius 2 is 1.68 bits per heavy atom. The molecule has 0 saturated heterocycles. The van der Waals surface area contributed by atoms with E-state index in [1.807, 2.05) is 38.1 Å². The minimum absolute atomic E-state index is 0.203. The molecule has 5 heteroatoms. The van der Waals surface area contributed by atoms with E-state index in [0.717, 1.165) is 17.7 Å². The van der Waals surface area contributed by atoms with Gasteiger partial charge < -0.3 is 14.8 Å². The van der Waals surface area contributed by atoms with Crippen LogP contribution in [0.3, 0.4) is 0 Å². The van der Waals surface area contributed by atoms with Crippen molar-refractivity contribution in [2.75, 3.05) is 11.9 Å². The Kier molecular flexibility index (Phi) is 6.57. The smallest absolute Gasteiger partial charge is 0.347 e. The predicted octanol–water partition coefficient (Wildman–Crippen LogP) is 3.97. The molecule has 2 aromatic rings. The molecule has 1 amide bonds. The number of aryl methyl sites for hydroxylation is 1. The molecule has 0 unspecified atom stereocenters. The third kappa shape index (κ3) is 5.64. The lowest BCUT2D eigenvalue weighted by atomic mass is 10.2. The summed E-state index contributed by atoms with van der Waals surface area (Å²) in [4.78, 5) is 23.9. The Labute approximate surface area is 148 Å². The van der Waals surface area contributed by atoms with Crippen LogP contribution in [0.15, 0.2) is 48.5 Å². The maximum absolute atomic E-state index is 12.2. The number of carbonyl (C=O) groups is 2. The van der Waals surface area contributed by atoms with Crippen LogP contribution in [0.4, 0.5) is 5.69 Å². The van der Waals surface area contributed by atoms with E-state index in [9.17, 15) is 9.59 Å². The highest BCUT2D eigenvalue weighted by molar-refractivity contribution is 6.04. The Morgan fingerprint density at radius 1 is 1.04 bits per heavy atom. The first-order valence-electron chi connectivity index (χ1n) is 8.31. The van der Waals surface area contributed by atoms with Crippen molar-refractivity contribution in [1.29, 1.82) is 0 Å². The van der Waals surface area contributed by atoms with Crippen molar-refractivity contribution >= 4 is 17.6 Å². The number of carbonyl (C=O) groups excluding carboxylic acids is 2. The number of rotatable bonds is 7. The van der Waals surface area contributed by atoms with Gasteiger partial charge in [0.2, 0.25) is 0 Å². The highest BCUT2D eigenvalue weighted by Crippen LogP contribution is 2.16. The second-order valence-corrected chi connectivity index (χ2v) is 5.77. The monoisotopic (exact) mass is 341 g/mol. The molecule has 1 N–H and O–H groups in total. The minimum Gasteiger partial charge on any atom is -0.479 e. The second-order valence-electron chi connectivity index (χ2n) is 5.77. The van der Waals surface area contributed by atoms with Crippen molar-refractivity contribution in [1.82, 2.24) is 0 Å². The molecule has 0 heterocycles. The van der Waals surface area contributed by atoms with Crippen LogP contribution in [0.1, 0.15) is 36.2 Å². The van der Waals surface area contributed by atoms with E-state index in [1.165, 1.54) is 0 Å². The zero-order chi connectivity index (χ0) is 18.2. The van der Waals surface area contributed by atoms with Gasteiger partial charge >= 0.3 is 5.97 Å². The van der Waals surface area contributed by atoms with E-state index in [-0.39, 0.29) is 5.91 Å². The maximum atomic E-state index is 12.2. The van der Waals surface area contributed by atoms with Gasteiger partial charge in [0.15, 0.2) is 6.10 Å². The molecule has 0 saturated carbocycles. The summed E-state index contributed by atoms with van der Waals surface area (Å²) in [6, 6.07) is 14.2. The summed E-state index contributed by atoms with van der Waals surface area (Å²) in [5.41, 5.74) is 2.38. The Balaban J connectivity index is 1.93. The van der Waals surface area contributed by atoms with E-state index in [0.29, 0.717) is 17.9 Å². The van der Waals surface area contributed by atoms with Gasteiger partial charge in [0.05, 0.1) is 6.61 Å². The molecule has 2 rings (SSSR count). The van der Waals surface area contributed by atoms with Crippen molar-refractivity contribution in [3.63, 3.8) is 0 Å². The van der Waals surface area contributed by atoms with Gasteiger partial charge in [-0.1, -0.05) is 24.6 Å². The summed E-state index contributed by atoms with van der Waals surface area (Å²) >= 11 is 0. The molecular weight excluding hydrogens is 318 g/mol. The molecule has 5 nitrogen and oxygen atoms in total. The lowest BCUT2D eigenvalue weighted by molar-refractivity contribution is -0.151. The highest BCUT2D eigenvalue weighted by atomic mass is 16.6. The molecule has 2 aromatic carbocycles. The molecule has 132 valence electrons. The first kappa shape index (κ1) is 18.5. The van der Waals surface area contributed by atoms with Crippen LogP contribution < -0.4 is 10.1 Å². The topological polar surface area (TPSA) is 64.6 Å². The fourth-order valence-corrected chi connectivity index (χ4v) is 2.10. The fourth-order valence-electron chi connectivity index (χ4n) is 2.10. The molecule has 25 heavy (non-hydrogen) atoms. The number of hydrogen-bond donors (Lipinski definition) is 1. The number of benzene rings is 2. The van der Waals surface area contributed by atoms with Crippen molar-refractivity contribution in [2.45, 2.75) is 33.3 Å². The Bertz CT molecular complexity index is 707. The van der Waals surface area contributed by atoms with Crippen LogP contribution >= 0.6 is 0 Å². The van der Waals surface area contributed by atoms with E-state index >= 15 is 0 Å². The molecule has 0 bridgehead atoms. The van der Waals surface area contributed by atoms with Crippen molar-refractivity contribution in [3.8, 4) is 5.75 Å². The number of amides is 1. The molecule has 0 aliphatic heterocycles. The van der Waals surface area contributed by atoms with Crippen LogP contribution in [0.25, 0.3) is 0 Å². The fraction of sp³-hybridized carbons (Fsp3) is 0.300. The van der Waals surface area contributed by atoms with Crippen molar-refractivity contribution < 1.29 is 19.1 Å². The molecule has 0 aliphatic rings. The second kappa shape index (κ2) is 8.87. The van der Waals surface area contributed by atoms with Crippen molar-refractivity contribution in [3.05, 3.63) is 59.7 Å². The molecule has 0 aromatic heterocycles. The maximum Gasteiger partial charge on any atom is 0.347 e. The zero-order valence-electron chi connectivity index (χ0n) is 14.7. The normalized spacial score (nSPS) is 11.5. The van der Waals surface area contributed by atoms with E-state index in [4.69, 9.17) is 9.47 Å². The summed E-state index contributed by atoms with van der Waals surface area (Å²) < 4.78 is 10.6. The molecular formula is C20H23NO4. The molecule has 1 atom stereocenters. The summed E-state index contributed by atoms with van der Waals surface area (Å²) in [6.45, 7) is 5.93. The van der Waals surface area contributed by atoms with E-state index < -0.39 is 12.1 Å². The van der Waals surface area contributed by atoms with E-state index in [1.54, 1.807) is 31.2 Å². The largest absolute Gasteiger partial charge is 0.479 e. The van der Waals surface area contributed by atoms with Gasteiger partial charge in [-0.05, 0) is 56.7 Å². The third-order valence-electron chi connectivity index (χ3n) is 3.52. The quantitative estimate of drug-likeness (QED) is 0.774. The van der Waals surface area contributed by atoms with Crippen molar-refractivity contribution in [2.24, 2.45) is 0 Å². The van der Waals surface area contributed by atoms with Gasteiger partial charge in [-0.25, -0.2) is 4.79 Å². The first-order chi connectivity index (χ1) is 12.0. The molecule has 0 spiro atoms. The average molecular weight is 341 g/mol. The van der Waals surface area contributed by atoms with Gasteiger partial charge in [-0.3, -0.25) is 4.79 Å². The molecule has 0 fully saturated rings. The summed E-state index contributed by atoms with van der Waals surface area (Å²) in [5, 5.41) is 2.83. The summed E-state index contributed by atoms with van der Waals surface area (Å²) in [6.07, 6.45) is 0.0715. The molecule has 0 radical (unpaired) electrons. The number of anilines is 1. The van der Waals surface area contributed by atoms with Gasteiger partial charge in [0, 0.05) is 11.3 Å². The Hall–Kier alpha value is -2.82. The minimum atomic E-state index is -0.696. The third-order valence-corrected chi connectivity index (χ3v) is 3.52. The van der Waals surface area contributed by atoms with Gasteiger partial charge in [-0.15, -0.1) is 0 Å². The van der Waals surface area contributed by atoms with Crippen LogP contribution in [0.2, 0.25) is 0 Å². The lowest BCUT2D eigenvalue weighted by Gasteiger charge is -2.14. The first-order valence-corrected chi connectivity index (χ1v) is 8.31. The molecule has 0 aliphatic carbocycles. The summed E-state index contributed by atoms with van der Waals surface area (Å²) in [5.74, 6) is -0.0957. The van der Waals surface area contributed by atoms with Crippen LogP contribution in [-0.2, 0) is 9.53 Å². The van der Waals surface area contributed by atoms with Crippen LogP contribution in [-0.4, -0.2) is 24.6 Å². The summed E-state index contributed by atoms with van der Waals surface area (Å²) in [7, 11) is 0. The number of esters is 1. The lowest BCUT2D eigenvalue weighted by Crippen LogP contribution is -2.26.